The lowest BCUT2D eigenvalue weighted by Crippen LogP contribution is -2.28. The van der Waals surface area contributed by atoms with Gasteiger partial charge in [0.05, 0.1) is 13.2 Å². The first-order valence-corrected chi connectivity index (χ1v) is 7.20. The quantitative estimate of drug-likeness (QED) is 0.749. The minimum absolute atomic E-state index is 0.732. The predicted molar refractivity (Wildman–Crippen MR) is 79.0 cm³/mol. The van der Waals surface area contributed by atoms with Gasteiger partial charge in [0.1, 0.15) is 12.4 Å². The molecule has 0 atom stereocenters. The van der Waals surface area contributed by atoms with Crippen LogP contribution < -0.4 is 4.74 Å². The maximum absolute atomic E-state index is 5.77. The van der Waals surface area contributed by atoms with Gasteiger partial charge in [0.2, 0.25) is 0 Å². The summed E-state index contributed by atoms with van der Waals surface area (Å²) < 4.78 is 5.77. The van der Waals surface area contributed by atoms with Crippen LogP contribution in [-0.2, 0) is 6.42 Å². The molecule has 3 heteroatoms. The fourth-order valence-electron chi connectivity index (χ4n) is 2.20. The van der Waals surface area contributed by atoms with Crippen molar-refractivity contribution in [3.05, 3.63) is 42.2 Å². The zero-order valence-electron chi connectivity index (χ0n) is 12.0. The summed E-state index contributed by atoms with van der Waals surface area (Å²) in [5.41, 5.74) is 1.35. The summed E-state index contributed by atoms with van der Waals surface area (Å²) >= 11 is 0. The molecule has 0 N–H and O–H groups in total. The second kappa shape index (κ2) is 7.07. The monoisotopic (exact) mass is 260 g/mol. The second-order valence-corrected chi connectivity index (χ2v) is 4.91. The van der Waals surface area contributed by atoms with Gasteiger partial charge in [-0.3, -0.25) is 0 Å². The third-order valence-corrected chi connectivity index (χ3v) is 3.34. The van der Waals surface area contributed by atoms with E-state index in [1.165, 1.54) is 12.0 Å². The Balaban J connectivity index is 1.68. The van der Waals surface area contributed by atoms with Gasteiger partial charge in [-0.25, -0.2) is 0 Å². The molecule has 104 valence electrons. The van der Waals surface area contributed by atoms with Gasteiger partial charge in [-0.1, -0.05) is 26.0 Å². The van der Waals surface area contributed by atoms with E-state index in [9.17, 15) is 0 Å². The van der Waals surface area contributed by atoms with Crippen LogP contribution in [0.15, 0.2) is 36.7 Å². The molecule has 0 bridgehead atoms. The minimum atomic E-state index is 0.732. The Hall–Kier alpha value is -1.64. The smallest absolute Gasteiger partial charge is 0.119 e. The zero-order chi connectivity index (χ0) is 13.5. The van der Waals surface area contributed by atoms with Crippen molar-refractivity contribution in [2.24, 2.45) is 0 Å². The molecule has 0 fully saturated rings. The van der Waals surface area contributed by atoms with E-state index in [-0.39, 0.29) is 0 Å². The molecule has 1 aliphatic rings. The second-order valence-electron chi connectivity index (χ2n) is 4.91. The summed E-state index contributed by atoms with van der Waals surface area (Å²) in [6.45, 7) is 8.16. The van der Waals surface area contributed by atoms with E-state index in [1.807, 2.05) is 0 Å². The van der Waals surface area contributed by atoms with Gasteiger partial charge in [-0.15, -0.1) is 0 Å². The van der Waals surface area contributed by atoms with Crippen LogP contribution >= 0.6 is 0 Å². The highest BCUT2D eigenvalue weighted by molar-refractivity contribution is 5.27. The number of hydrogen-bond donors (Lipinski definition) is 0. The van der Waals surface area contributed by atoms with Crippen molar-refractivity contribution in [3.63, 3.8) is 0 Å². The highest BCUT2D eigenvalue weighted by Crippen LogP contribution is 2.13. The van der Waals surface area contributed by atoms with Crippen molar-refractivity contribution in [2.75, 3.05) is 26.4 Å². The Kier molecular flexibility index (Phi) is 5.13. The Bertz CT molecular complexity index is 400. The normalized spacial score (nSPS) is 14.2. The lowest BCUT2D eigenvalue weighted by Gasteiger charge is -2.20. The number of rotatable bonds is 7. The Morgan fingerprint density at radius 1 is 1.00 bits per heavy atom. The summed E-state index contributed by atoms with van der Waals surface area (Å²) in [4.78, 5) is 4.62. The van der Waals surface area contributed by atoms with Crippen molar-refractivity contribution in [1.29, 1.82) is 0 Å². The van der Waals surface area contributed by atoms with E-state index in [0.717, 1.165) is 38.5 Å². The van der Waals surface area contributed by atoms with Crippen LogP contribution in [0.3, 0.4) is 0 Å². The molecule has 1 aliphatic heterocycles. The fourth-order valence-corrected chi connectivity index (χ4v) is 2.20. The molecule has 3 nitrogen and oxygen atoms in total. The number of hydrogen-bond acceptors (Lipinski definition) is 3. The van der Waals surface area contributed by atoms with E-state index in [4.69, 9.17) is 4.74 Å². The van der Waals surface area contributed by atoms with E-state index < -0.39 is 0 Å². The Labute approximate surface area is 116 Å². The summed E-state index contributed by atoms with van der Waals surface area (Å²) in [5.74, 6) is 0.964. The standard InChI is InChI=1S/C16H24N2O/c1-3-9-17-10-11-18(14-17)12-13-19-16-7-5-15(4-2)6-8-16/h5-8,10-11H,3-4,9,12-14H2,1-2H3. The fraction of sp³-hybridized carbons (Fsp3) is 0.500. The molecule has 1 aromatic carbocycles. The van der Waals surface area contributed by atoms with E-state index >= 15 is 0 Å². The maximum Gasteiger partial charge on any atom is 0.119 e. The molecular weight excluding hydrogens is 236 g/mol. The van der Waals surface area contributed by atoms with Crippen LogP contribution in [-0.4, -0.2) is 36.2 Å². The van der Waals surface area contributed by atoms with Crippen molar-refractivity contribution >= 4 is 0 Å². The van der Waals surface area contributed by atoms with Crippen LogP contribution in [0.5, 0.6) is 5.75 Å². The predicted octanol–water partition coefficient (Wildman–Crippen LogP) is 3.08. The lowest BCUT2D eigenvalue weighted by molar-refractivity contribution is 0.217. The Morgan fingerprint density at radius 3 is 2.32 bits per heavy atom. The van der Waals surface area contributed by atoms with Crippen LogP contribution in [0.4, 0.5) is 0 Å². The van der Waals surface area contributed by atoms with Crippen LogP contribution in [0.25, 0.3) is 0 Å². The number of aryl methyl sites for hydroxylation is 1. The third kappa shape index (κ3) is 4.19. The number of nitrogens with zero attached hydrogens (tertiary/aromatic N) is 2. The molecular formula is C16H24N2O. The topological polar surface area (TPSA) is 15.7 Å². The summed E-state index contributed by atoms with van der Waals surface area (Å²) in [6, 6.07) is 8.38. The molecule has 0 saturated carbocycles. The number of ether oxygens (including phenoxy) is 1. The van der Waals surface area contributed by atoms with Gasteiger partial charge in [-0.2, -0.15) is 0 Å². The average molecular weight is 260 g/mol. The molecule has 1 aromatic rings. The largest absolute Gasteiger partial charge is 0.492 e. The maximum atomic E-state index is 5.77. The summed E-state index contributed by atoms with van der Waals surface area (Å²) in [6.07, 6.45) is 6.59. The summed E-state index contributed by atoms with van der Waals surface area (Å²) in [5, 5.41) is 0. The van der Waals surface area contributed by atoms with Crippen molar-refractivity contribution < 1.29 is 4.74 Å². The van der Waals surface area contributed by atoms with Crippen LogP contribution in [0, 0.1) is 0 Å². The summed E-state index contributed by atoms with van der Waals surface area (Å²) in [7, 11) is 0. The molecule has 2 rings (SSSR count). The van der Waals surface area contributed by atoms with Crippen molar-refractivity contribution in [3.8, 4) is 5.75 Å². The molecule has 0 unspecified atom stereocenters. The first-order valence-electron chi connectivity index (χ1n) is 7.20. The van der Waals surface area contributed by atoms with Gasteiger partial charge in [0.15, 0.2) is 0 Å². The van der Waals surface area contributed by atoms with Crippen LogP contribution in [0.1, 0.15) is 25.8 Å². The minimum Gasteiger partial charge on any atom is -0.492 e. The molecule has 19 heavy (non-hydrogen) atoms. The molecule has 0 amide bonds. The molecule has 0 aliphatic carbocycles. The van der Waals surface area contributed by atoms with Gasteiger partial charge in [0.25, 0.3) is 0 Å². The van der Waals surface area contributed by atoms with Gasteiger partial charge < -0.3 is 14.5 Å². The highest BCUT2D eigenvalue weighted by Gasteiger charge is 2.10. The van der Waals surface area contributed by atoms with Gasteiger partial charge in [-0.05, 0) is 30.5 Å². The van der Waals surface area contributed by atoms with E-state index in [0.29, 0.717) is 0 Å². The van der Waals surface area contributed by atoms with Crippen molar-refractivity contribution in [2.45, 2.75) is 26.7 Å². The molecule has 0 spiro atoms. The zero-order valence-corrected chi connectivity index (χ0v) is 12.0. The number of benzene rings is 1. The van der Waals surface area contributed by atoms with Gasteiger partial charge in [0, 0.05) is 18.9 Å². The SMILES string of the molecule is CCCN1C=CN(CCOc2ccc(CC)cc2)C1. The van der Waals surface area contributed by atoms with E-state index in [1.54, 1.807) is 0 Å². The molecule has 0 aromatic heterocycles. The van der Waals surface area contributed by atoms with Crippen molar-refractivity contribution in [1.82, 2.24) is 9.80 Å². The third-order valence-electron chi connectivity index (χ3n) is 3.34. The first kappa shape index (κ1) is 13.8. The molecule has 1 heterocycles. The molecule has 0 radical (unpaired) electrons. The average Bonchev–Trinajstić information content (AvgIpc) is 2.88. The van der Waals surface area contributed by atoms with Gasteiger partial charge >= 0.3 is 0 Å². The highest BCUT2D eigenvalue weighted by atomic mass is 16.5. The Morgan fingerprint density at radius 2 is 1.68 bits per heavy atom. The van der Waals surface area contributed by atoms with Crippen LogP contribution in [0.2, 0.25) is 0 Å². The lowest BCUT2D eigenvalue weighted by atomic mass is 10.2. The van der Waals surface area contributed by atoms with E-state index in [2.05, 4.69) is 60.3 Å². The first-order chi connectivity index (χ1) is 9.31. The molecule has 0 saturated heterocycles.